The van der Waals surface area contributed by atoms with E-state index in [2.05, 4.69) is 64.6 Å². The molecule has 1 amide bonds. The molecule has 0 atom stereocenters. The maximum Gasteiger partial charge on any atom is 0.243 e. The van der Waals surface area contributed by atoms with Crippen LogP contribution in [0.2, 0.25) is 0 Å². The van der Waals surface area contributed by atoms with Crippen molar-refractivity contribution in [2.24, 2.45) is 0 Å². The van der Waals surface area contributed by atoms with Crippen LogP contribution in [0.3, 0.4) is 0 Å². The second-order valence-corrected chi connectivity index (χ2v) is 13.3. The van der Waals surface area contributed by atoms with Gasteiger partial charge in [-0.05, 0) is 42.7 Å². The van der Waals surface area contributed by atoms with Gasteiger partial charge >= 0.3 is 0 Å². The summed E-state index contributed by atoms with van der Waals surface area (Å²) in [6.07, 6.45) is 3.87. The van der Waals surface area contributed by atoms with Crippen molar-refractivity contribution in [2.75, 3.05) is 33.8 Å². The molecule has 37 heavy (non-hydrogen) atoms. The number of methoxy groups -OCH3 is 1. The van der Waals surface area contributed by atoms with Crippen molar-refractivity contribution in [1.29, 1.82) is 0 Å². The van der Waals surface area contributed by atoms with Crippen LogP contribution < -0.4 is 10.3 Å². The largest absolute Gasteiger partial charge is 0.496 e. The normalized spacial score (nSPS) is 17.4. The van der Waals surface area contributed by atoms with E-state index in [4.69, 9.17) is 9.72 Å². The number of likely N-dealkylation sites (tertiary alicyclic amines) is 1. The van der Waals surface area contributed by atoms with Gasteiger partial charge in [0.2, 0.25) is 5.91 Å². The smallest absolute Gasteiger partial charge is 0.243 e. The molecular formula is C29H43N5O2S. The first-order chi connectivity index (χ1) is 17.3. The number of aromatic nitrogens is 1. The van der Waals surface area contributed by atoms with Gasteiger partial charge in [0.1, 0.15) is 17.3 Å². The number of carbonyl (C=O) groups excluding carboxylic acids is 1. The number of allylic oxidation sites excluding steroid dienone is 1. The Morgan fingerprint density at radius 1 is 1.11 bits per heavy atom. The molecule has 4 rings (SSSR count). The summed E-state index contributed by atoms with van der Waals surface area (Å²) in [5, 5.41) is 7.03. The van der Waals surface area contributed by atoms with Crippen molar-refractivity contribution < 1.29 is 9.53 Å². The molecule has 0 unspecified atom stereocenters. The highest BCUT2D eigenvalue weighted by molar-refractivity contribution is 7.13. The molecule has 2 aliphatic heterocycles. The number of hydrazine groups is 2. The molecule has 7 nitrogen and oxygen atoms in total. The number of ether oxygens (including phenoxy) is 1. The molecule has 0 radical (unpaired) electrons. The van der Waals surface area contributed by atoms with Gasteiger partial charge in [0.15, 0.2) is 0 Å². The third kappa shape index (κ3) is 5.96. The summed E-state index contributed by atoms with van der Waals surface area (Å²) in [5.41, 5.74) is 8.86. The third-order valence-corrected chi connectivity index (χ3v) is 8.23. The topological polar surface area (TPSA) is 60.9 Å². The molecule has 1 aromatic heterocycles. The molecule has 1 saturated heterocycles. The average molecular weight is 526 g/mol. The summed E-state index contributed by atoms with van der Waals surface area (Å²) in [6, 6.07) is 4.52. The van der Waals surface area contributed by atoms with Crippen LogP contribution in [0, 0.1) is 0 Å². The van der Waals surface area contributed by atoms with Crippen molar-refractivity contribution in [1.82, 2.24) is 25.4 Å². The van der Waals surface area contributed by atoms with Crippen LogP contribution in [0.1, 0.15) is 84.0 Å². The second kappa shape index (κ2) is 10.3. The molecule has 3 heterocycles. The number of amides is 1. The fraction of sp³-hybridized carbons (Fsp3) is 0.586. The second-order valence-electron chi connectivity index (χ2n) is 12.4. The highest BCUT2D eigenvalue weighted by Crippen LogP contribution is 2.43. The van der Waals surface area contributed by atoms with Crippen LogP contribution in [0.15, 0.2) is 29.4 Å². The zero-order chi connectivity index (χ0) is 27.1. The van der Waals surface area contributed by atoms with Gasteiger partial charge in [-0.3, -0.25) is 14.8 Å². The van der Waals surface area contributed by atoms with Gasteiger partial charge in [-0.2, -0.15) is 0 Å². The number of piperidine rings is 1. The summed E-state index contributed by atoms with van der Waals surface area (Å²) in [5.74, 6) is 1.53. The molecule has 8 heteroatoms. The van der Waals surface area contributed by atoms with E-state index in [0.717, 1.165) is 53.6 Å². The van der Waals surface area contributed by atoms with Gasteiger partial charge in [0.05, 0.1) is 12.8 Å². The minimum Gasteiger partial charge on any atom is -0.496 e. The van der Waals surface area contributed by atoms with Crippen LogP contribution in [0.25, 0.3) is 10.6 Å². The van der Waals surface area contributed by atoms with Crippen LogP contribution in [-0.4, -0.2) is 59.6 Å². The molecule has 2 aliphatic rings. The third-order valence-electron chi connectivity index (χ3n) is 7.32. The Balaban J connectivity index is 1.49. The molecule has 0 spiro atoms. The Morgan fingerprint density at radius 2 is 1.70 bits per heavy atom. The van der Waals surface area contributed by atoms with E-state index < -0.39 is 0 Å². The lowest BCUT2D eigenvalue weighted by Crippen LogP contribution is -2.47. The van der Waals surface area contributed by atoms with E-state index in [-0.39, 0.29) is 16.7 Å². The number of hydrogen-bond donors (Lipinski definition) is 1. The monoisotopic (exact) mass is 525 g/mol. The summed E-state index contributed by atoms with van der Waals surface area (Å²) in [6.45, 7) is 17.3. The molecule has 1 N–H and O–H groups in total. The quantitative estimate of drug-likeness (QED) is 0.545. The molecule has 0 saturated carbocycles. The molecule has 2 aromatic rings. The number of rotatable bonds is 5. The fourth-order valence-electron chi connectivity index (χ4n) is 5.16. The Hall–Kier alpha value is -2.58. The van der Waals surface area contributed by atoms with Crippen LogP contribution >= 0.6 is 11.3 Å². The zero-order valence-electron chi connectivity index (χ0n) is 23.9. The molecule has 0 aliphatic carbocycles. The number of carbonyl (C=O) groups is 1. The lowest BCUT2D eigenvalue weighted by atomic mass is 9.78. The van der Waals surface area contributed by atoms with Gasteiger partial charge < -0.3 is 9.64 Å². The first-order valence-electron chi connectivity index (χ1n) is 13.2. The van der Waals surface area contributed by atoms with E-state index in [1.165, 1.54) is 11.1 Å². The number of nitrogens with one attached hydrogen (secondary N) is 1. The SMILES string of the molecule is COc1c(C(C)(C)C)cc(-c2nc(C3CCN(C(=O)CN4NN(C)C=C4C)CC3)cs2)cc1C(C)(C)C. The van der Waals surface area contributed by atoms with Gasteiger partial charge in [0.25, 0.3) is 0 Å². The molecule has 202 valence electrons. The van der Waals surface area contributed by atoms with Crippen molar-refractivity contribution in [3.8, 4) is 16.3 Å². The van der Waals surface area contributed by atoms with Crippen molar-refractivity contribution in [3.05, 3.63) is 46.2 Å². The maximum absolute atomic E-state index is 12.9. The number of benzene rings is 1. The molecular weight excluding hydrogens is 482 g/mol. The van der Waals surface area contributed by atoms with E-state index in [1.807, 2.05) is 35.1 Å². The van der Waals surface area contributed by atoms with E-state index in [0.29, 0.717) is 12.5 Å². The van der Waals surface area contributed by atoms with Crippen molar-refractivity contribution >= 4 is 17.2 Å². The van der Waals surface area contributed by atoms with Crippen LogP contribution in [-0.2, 0) is 15.6 Å². The fourth-order valence-corrected chi connectivity index (χ4v) is 6.05. The zero-order valence-corrected chi connectivity index (χ0v) is 24.8. The van der Waals surface area contributed by atoms with Crippen LogP contribution in [0.4, 0.5) is 0 Å². The van der Waals surface area contributed by atoms with E-state index in [1.54, 1.807) is 18.4 Å². The minimum absolute atomic E-state index is 0.0465. The van der Waals surface area contributed by atoms with Gasteiger partial charge in [-0.15, -0.1) is 16.9 Å². The van der Waals surface area contributed by atoms with Crippen molar-refractivity contribution in [2.45, 2.75) is 78.1 Å². The first kappa shape index (κ1) is 27.5. The Morgan fingerprint density at radius 3 is 2.19 bits per heavy atom. The van der Waals surface area contributed by atoms with Gasteiger partial charge in [-0.25, -0.2) is 4.98 Å². The number of thiazole rings is 1. The Bertz CT molecular complexity index is 1130. The summed E-state index contributed by atoms with van der Waals surface area (Å²) < 4.78 is 5.94. The first-order valence-corrected chi connectivity index (χ1v) is 14.1. The molecule has 1 aromatic carbocycles. The average Bonchev–Trinajstić information content (AvgIpc) is 3.43. The Labute approximate surface area is 226 Å². The molecule has 0 bridgehead atoms. The predicted octanol–water partition coefficient (Wildman–Crippen LogP) is 5.65. The summed E-state index contributed by atoms with van der Waals surface area (Å²) in [7, 11) is 3.71. The minimum atomic E-state index is -0.0465. The van der Waals surface area contributed by atoms with Gasteiger partial charge in [-0.1, -0.05) is 41.5 Å². The summed E-state index contributed by atoms with van der Waals surface area (Å²) in [4.78, 5) is 20.0. The van der Waals surface area contributed by atoms with E-state index in [9.17, 15) is 4.79 Å². The van der Waals surface area contributed by atoms with Gasteiger partial charge in [0, 0.05) is 60.0 Å². The van der Waals surface area contributed by atoms with Crippen molar-refractivity contribution in [3.63, 3.8) is 0 Å². The number of nitrogens with zero attached hydrogens (tertiary/aromatic N) is 4. The van der Waals surface area contributed by atoms with Crippen LogP contribution in [0.5, 0.6) is 5.75 Å². The maximum atomic E-state index is 12.9. The Kier molecular flexibility index (Phi) is 7.64. The lowest BCUT2D eigenvalue weighted by molar-refractivity contribution is -0.134. The summed E-state index contributed by atoms with van der Waals surface area (Å²) >= 11 is 1.72. The predicted molar refractivity (Wildman–Crippen MR) is 151 cm³/mol. The highest BCUT2D eigenvalue weighted by Gasteiger charge is 2.30. The number of hydrogen-bond acceptors (Lipinski definition) is 7. The lowest BCUT2D eigenvalue weighted by Gasteiger charge is -2.33. The van der Waals surface area contributed by atoms with E-state index >= 15 is 0 Å². The highest BCUT2D eigenvalue weighted by atomic mass is 32.1. The standard InChI is InChI=1S/C29H43N5O2S/c1-19-16-32(8)31-34(19)17-25(35)33-12-10-20(11-13-33)24-18-37-27(30-24)21-14-22(28(2,3)4)26(36-9)23(15-21)29(5,6)7/h14-16,18,20,31H,10-13,17H2,1-9H3. The molecule has 1 fully saturated rings.